The lowest BCUT2D eigenvalue weighted by Crippen LogP contribution is -2.44. The number of anilines is 1. The van der Waals surface area contributed by atoms with Crippen LogP contribution in [0.3, 0.4) is 0 Å². The van der Waals surface area contributed by atoms with Crippen LogP contribution >= 0.6 is 11.8 Å². The fraction of sp³-hybridized carbons (Fsp3) is 0.538. The summed E-state index contributed by atoms with van der Waals surface area (Å²) in [6, 6.07) is 7.34. The molecule has 0 spiro atoms. The highest BCUT2D eigenvalue weighted by atomic mass is 32.2. The van der Waals surface area contributed by atoms with Gasteiger partial charge in [0.15, 0.2) is 0 Å². The van der Waals surface area contributed by atoms with Gasteiger partial charge >= 0.3 is 0 Å². The predicted molar refractivity (Wildman–Crippen MR) is 83.8 cm³/mol. The first-order valence-electron chi connectivity index (χ1n) is 6.65. The lowest BCUT2D eigenvalue weighted by atomic mass is 10.1. The van der Waals surface area contributed by atoms with Crippen LogP contribution in [0.5, 0.6) is 0 Å². The molecule has 0 saturated carbocycles. The number of aliphatic hydroxyl groups is 1. The fourth-order valence-electron chi connectivity index (χ4n) is 1.93. The number of hydrogen-bond donors (Lipinski definition) is 3. The number of rotatable bonds is 7. The Morgan fingerprint density at radius 2 is 2.19 bits per heavy atom. The van der Waals surface area contributed by atoms with E-state index in [2.05, 4.69) is 4.72 Å². The number of nitrogens with one attached hydrogen (secondary N) is 1. The highest BCUT2D eigenvalue weighted by Gasteiger charge is 2.33. The number of para-hydroxylation sites is 1. The van der Waals surface area contributed by atoms with E-state index in [1.54, 1.807) is 6.07 Å². The number of ether oxygens (including phenoxy) is 1. The lowest BCUT2D eigenvalue weighted by molar-refractivity contribution is 0.0315. The predicted octanol–water partition coefficient (Wildman–Crippen LogP) is 0.432. The van der Waals surface area contributed by atoms with Crippen LogP contribution in [-0.2, 0) is 14.8 Å². The van der Waals surface area contributed by atoms with Crippen LogP contribution in [-0.4, -0.2) is 50.4 Å². The molecule has 0 aromatic heterocycles. The molecule has 4 N–H and O–H groups in total. The van der Waals surface area contributed by atoms with Crippen LogP contribution in [0.25, 0.3) is 0 Å². The van der Waals surface area contributed by atoms with Crippen molar-refractivity contribution in [3.63, 3.8) is 0 Å². The van der Waals surface area contributed by atoms with Gasteiger partial charge in [0.25, 0.3) is 0 Å². The van der Waals surface area contributed by atoms with Crippen molar-refractivity contribution in [1.29, 1.82) is 0 Å². The Balaban J connectivity index is 1.77. The van der Waals surface area contributed by atoms with Crippen LogP contribution in [0.4, 0.5) is 5.69 Å². The molecule has 2 rings (SSSR count). The molecule has 1 aromatic carbocycles. The van der Waals surface area contributed by atoms with Crippen molar-refractivity contribution < 1.29 is 18.3 Å². The molecule has 1 aromatic rings. The number of benzene rings is 1. The molecule has 1 aliphatic heterocycles. The number of hydrogen-bond acceptors (Lipinski definition) is 6. The van der Waals surface area contributed by atoms with Crippen molar-refractivity contribution in [2.75, 3.05) is 37.0 Å². The van der Waals surface area contributed by atoms with Crippen molar-refractivity contribution in [2.45, 2.75) is 16.9 Å². The van der Waals surface area contributed by atoms with Crippen molar-refractivity contribution >= 4 is 27.5 Å². The summed E-state index contributed by atoms with van der Waals surface area (Å²) in [5.41, 5.74) is 5.36. The standard InChI is InChI=1S/C13H20N2O4S2/c14-11-3-1-2-4-12(11)20-7-8-21(17,18)15-9-13(16)5-6-19-10-13/h1-4,15-16H,5-10,14H2. The fourth-order valence-corrected chi connectivity index (χ4v) is 4.40. The third-order valence-electron chi connectivity index (χ3n) is 3.23. The van der Waals surface area contributed by atoms with Crippen molar-refractivity contribution in [2.24, 2.45) is 0 Å². The SMILES string of the molecule is Nc1ccccc1SCCS(=O)(=O)NCC1(O)CCOC1. The van der Waals surface area contributed by atoms with E-state index >= 15 is 0 Å². The molecule has 1 heterocycles. The Morgan fingerprint density at radius 3 is 2.86 bits per heavy atom. The highest BCUT2D eigenvalue weighted by molar-refractivity contribution is 8.00. The molecule has 0 bridgehead atoms. The number of sulfonamides is 1. The zero-order chi connectivity index (χ0) is 15.3. The molecular weight excluding hydrogens is 312 g/mol. The third kappa shape index (κ3) is 5.15. The van der Waals surface area contributed by atoms with Gasteiger partial charge in [-0.3, -0.25) is 0 Å². The van der Waals surface area contributed by atoms with Gasteiger partial charge in [-0.2, -0.15) is 0 Å². The molecular formula is C13H20N2O4S2. The topological polar surface area (TPSA) is 102 Å². The van der Waals surface area contributed by atoms with Gasteiger partial charge in [0.2, 0.25) is 10.0 Å². The van der Waals surface area contributed by atoms with Crippen LogP contribution in [0, 0.1) is 0 Å². The molecule has 6 nitrogen and oxygen atoms in total. The summed E-state index contributed by atoms with van der Waals surface area (Å²) in [6.45, 7) is 0.625. The Kier molecular flexibility index (Phi) is 5.50. The molecule has 0 amide bonds. The zero-order valence-corrected chi connectivity index (χ0v) is 13.3. The maximum absolute atomic E-state index is 11.9. The van der Waals surface area contributed by atoms with E-state index < -0.39 is 15.6 Å². The number of nitrogen functional groups attached to an aromatic ring is 1. The molecule has 0 aliphatic carbocycles. The Bertz CT molecular complexity index is 571. The van der Waals surface area contributed by atoms with Gasteiger partial charge in [0, 0.05) is 35.9 Å². The van der Waals surface area contributed by atoms with Gasteiger partial charge in [0.1, 0.15) is 5.60 Å². The summed E-state index contributed by atoms with van der Waals surface area (Å²) in [5.74, 6) is 0.376. The van der Waals surface area contributed by atoms with Crippen LogP contribution in [0.2, 0.25) is 0 Å². The Hall–Kier alpha value is -0.800. The average Bonchev–Trinajstić information content (AvgIpc) is 2.87. The van der Waals surface area contributed by atoms with E-state index in [4.69, 9.17) is 10.5 Å². The molecule has 21 heavy (non-hydrogen) atoms. The van der Waals surface area contributed by atoms with Gasteiger partial charge in [-0.15, -0.1) is 11.8 Å². The minimum Gasteiger partial charge on any atom is -0.398 e. The quantitative estimate of drug-likeness (QED) is 0.494. The van der Waals surface area contributed by atoms with Crippen LogP contribution in [0.1, 0.15) is 6.42 Å². The van der Waals surface area contributed by atoms with Crippen molar-refractivity contribution in [3.05, 3.63) is 24.3 Å². The van der Waals surface area contributed by atoms with E-state index in [9.17, 15) is 13.5 Å². The van der Waals surface area contributed by atoms with Crippen molar-refractivity contribution in [1.82, 2.24) is 4.72 Å². The van der Waals surface area contributed by atoms with E-state index in [1.807, 2.05) is 18.2 Å². The average molecular weight is 332 g/mol. The van der Waals surface area contributed by atoms with Gasteiger partial charge in [-0.1, -0.05) is 12.1 Å². The maximum atomic E-state index is 11.9. The van der Waals surface area contributed by atoms with E-state index in [0.29, 0.717) is 24.5 Å². The van der Waals surface area contributed by atoms with Gasteiger partial charge in [-0.05, 0) is 12.1 Å². The summed E-state index contributed by atoms with van der Waals surface area (Å²) < 4.78 is 31.3. The summed E-state index contributed by atoms with van der Waals surface area (Å²) in [7, 11) is -3.42. The normalized spacial score (nSPS) is 22.5. The number of nitrogens with two attached hydrogens (primary N) is 1. The molecule has 8 heteroatoms. The summed E-state index contributed by atoms with van der Waals surface area (Å²) >= 11 is 1.40. The molecule has 0 radical (unpaired) electrons. The van der Waals surface area contributed by atoms with Gasteiger partial charge in [-0.25, -0.2) is 13.1 Å². The first-order valence-corrected chi connectivity index (χ1v) is 9.29. The van der Waals surface area contributed by atoms with Crippen molar-refractivity contribution in [3.8, 4) is 0 Å². The molecule has 1 aliphatic rings. The number of thioether (sulfide) groups is 1. The molecule has 1 unspecified atom stereocenters. The Morgan fingerprint density at radius 1 is 1.43 bits per heavy atom. The summed E-state index contributed by atoms with van der Waals surface area (Å²) in [5, 5.41) is 10.0. The highest BCUT2D eigenvalue weighted by Crippen LogP contribution is 2.24. The van der Waals surface area contributed by atoms with Crippen LogP contribution < -0.4 is 10.5 Å². The smallest absolute Gasteiger partial charge is 0.212 e. The van der Waals surface area contributed by atoms with Crippen LogP contribution in [0.15, 0.2) is 29.2 Å². The van der Waals surface area contributed by atoms with E-state index in [-0.39, 0.29) is 18.9 Å². The monoisotopic (exact) mass is 332 g/mol. The largest absolute Gasteiger partial charge is 0.398 e. The van der Waals surface area contributed by atoms with E-state index in [0.717, 1.165) is 4.90 Å². The van der Waals surface area contributed by atoms with Gasteiger partial charge in [0.05, 0.1) is 12.4 Å². The first kappa shape index (κ1) is 16.6. The third-order valence-corrected chi connectivity index (χ3v) is 5.91. The lowest BCUT2D eigenvalue weighted by Gasteiger charge is -2.20. The molecule has 1 saturated heterocycles. The Labute approximate surface area is 129 Å². The maximum Gasteiger partial charge on any atom is 0.212 e. The first-order chi connectivity index (χ1) is 9.90. The second kappa shape index (κ2) is 6.97. The zero-order valence-electron chi connectivity index (χ0n) is 11.6. The molecule has 1 atom stereocenters. The molecule has 118 valence electrons. The van der Waals surface area contributed by atoms with E-state index in [1.165, 1.54) is 11.8 Å². The minimum atomic E-state index is -3.42. The van der Waals surface area contributed by atoms with Gasteiger partial charge < -0.3 is 15.6 Å². The summed E-state index contributed by atoms with van der Waals surface area (Å²) in [6.07, 6.45) is 0.449. The second-order valence-electron chi connectivity index (χ2n) is 5.05. The summed E-state index contributed by atoms with van der Waals surface area (Å²) in [4.78, 5) is 0.871. The second-order valence-corrected chi connectivity index (χ2v) is 8.12. The minimum absolute atomic E-state index is 0.00647. The molecule has 1 fully saturated rings.